The Morgan fingerprint density at radius 3 is 2.31 bits per heavy atom. The Bertz CT molecular complexity index is 849. The summed E-state index contributed by atoms with van der Waals surface area (Å²) in [4.78, 5) is 15.5. The van der Waals surface area contributed by atoms with E-state index in [1.807, 2.05) is 0 Å². The minimum Gasteiger partial charge on any atom is -0.369 e. The Morgan fingerprint density at radius 2 is 1.66 bits per heavy atom. The second kappa shape index (κ2) is 12.3. The average molecular weight is 437 g/mol. The SMILES string of the molecule is CCCN(CCC)c1c(C)nc(-c2c(C)cccc2CC)nc1CCCN1CCCCC1. The molecule has 0 atom stereocenters. The number of aromatic nitrogens is 2. The number of benzene rings is 1. The molecule has 1 saturated heterocycles. The molecule has 1 aliphatic heterocycles. The zero-order chi connectivity index (χ0) is 22.9. The van der Waals surface area contributed by atoms with Crippen LogP contribution in [-0.4, -0.2) is 47.6 Å². The molecule has 1 aromatic heterocycles. The summed E-state index contributed by atoms with van der Waals surface area (Å²) in [5.41, 5.74) is 7.53. The third-order valence-electron chi connectivity index (χ3n) is 6.73. The van der Waals surface area contributed by atoms with Gasteiger partial charge >= 0.3 is 0 Å². The number of nitrogens with zero attached hydrogens (tertiary/aromatic N) is 4. The zero-order valence-electron chi connectivity index (χ0n) is 21.2. The molecule has 1 aliphatic rings. The Balaban J connectivity index is 1.97. The first kappa shape index (κ1) is 24.7. The van der Waals surface area contributed by atoms with Crippen molar-refractivity contribution in [3.63, 3.8) is 0 Å². The summed E-state index contributed by atoms with van der Waals surface area (Å²) in [7, 11) is 0. The zero-order valence-corrected chi connectivity index (χ0v) is 21.2. The van der Waals surface area contributed by atoms with Crippen LogP contribution in [0, 0.1) is 13.8 Å². The summed E-state index contributed by atoms with van der Waals surface area (Å²) in [6.07, 6.45) is 9.60. The molecule has 0 saturated carbocycles. The molecular weight excluding hydrogens is 392 g/mol. The van der Waals surface area contributed by atoms with Crippen LogP contribution in [-0.2, 0) is 12.8 Å². The van der Waals surface area contributed by atoms with Gasteiger partial charge in [0.15, 0.2) is 5.82 Å². The molecular formula is C28H44N4. The highest BCUT2D eigenvalue weighted by molar-refractivity contribution is 5.67. The van der Waals surface area contributed by atoms with Gasteiger partial charge in [-0.2, -0.15) is 0 Å². The predicted octanol–water partition coefficient (Wildman–Crippen LogP) is 6.37. The molecule has 0 N–H and O–H groups in total. The van der Waals surface area contributed by atoms with Crippen molar-refractivity contribution in [3.05, 3.63) is 40.7 Å². The summed E-state index contributed by atoms with van der Waals surface area (Å²) in [6, 6.07) is 6.58. The van der Waals surface area contributed by atoms with Crippen molar-refractivity contribution < 1.29 is 0 Å². The van der Waals surface area contributed by atoms with Crippen LogP contribution in [0.3, 0.4) is 0 Å². The van der Waals surface area contributed by atoms with Crippen LogP contribution in [0.25, 0.3) is 11.4 Å². The summed E-state index contributed by atoms with van der Waals surface area (Å²) < 4.78 is 0. The molecule has 32 heavy (non-hydrogen) atoms. The molecule has 2 heterocycles. The maximum Gasteiger partial charge on any atom is 0.160 e. The average Bonchev–Trinajstić information content (AvgIpc) is 2.79. The van der Waals surface area contributed by atoms with E-state index >= 15 is 0 Å². The van der Waals surface area contributed by atoms with Gasteiger partial charge in [0.2, 0.25) is 0 Å². The molecule has 0 amide bonds. The van der Waals surface area contributed by atoms with Crippen LogP contribution < -0.4 is 4.90 Å². The first-order chi connectivity index (χ1) is 15.6. The molecule has 0 spiro atoms. The Labute approximate surface area is 196 Å². The molecule has 3 rings (SSSR count). The number of anilines is 1. The third-order valence-corrected chi connectivity index (χ3v) is 6.73. The van der Waals surface area contributed by atoms with Crippen LogP contribution in [0.2, 0.25) is 0 Å². The molecule has 1 fully saturated rings. The van der Waals surface area contributed by atoms with Gasteiger partial charge in [0.1, 0.15) is 0 Å². The molecule has 4 heteroatoms. The summed E-state index contributed by atoms with van der Waals surface area (Å²) in [5, 5.41) is 0. The lowest BCUT2D eigenvalue weighted by Gasteiger charge is -2.29. The largest absolute Gasteiger partial charge is 0.369 e. The maximum atomic E-state index is 5.27. The lowest BCUT2D eigenvalue weighted by Crippen LogP contribution is -2.31. The first-order valence-electron chi connectivity index (χ1n) is 13.0. The third kappa shape index (κ3) is 6.10. The van der Waals surface area contributed by atoms with Gasteiger partial charge < -0.3 is 9.80 Å². The van der Waals surface area contributed by atoms with E-state index in [2.05, 4.69) is 62.6 Å². The van der Waals surface area contributed by atoms with Crippen LogP contribution in [0.4, 0.5) is 5.69 Å². The van der Waals surface area contributed by atoms with Crippen molar-refractivity contribution in [3.8, 4) is 11.4 Å². The van der Waals surface area contributed by atoms with Crippen LogP contribution in [0.1, 0.15) is 81.8 Å². The first-order valence-corrected chi connectivity index (χ1v) is 13.0. The van der Waals surface area contributed by atoms with Gasteiger partial charge in [-0.1, -0.05) is 45.4 Å². The Morgan fingerprint density at radius 1 is 0.938 bits per heavy atom. The van der Waals surface area contributed by atoms with E-state index in [0.717, 1.165) is 50.3 Å². The van der Waals surface area contributed by atoms with Crippen molar-refractivity contribution in [1.29, 1.82) is 0 Å². The number of hydrogen-bond acceptors (Lipinski definition) is 4. The number of piperidine rings is 1. The van der Waals surface area contributed by atoms with Crippen molar-refractivity contribution in [2.75, 3.05) is 37.6 Å². The highest BCUT2D eigenvalue weighted by Gasteiger charge is 2.20. The van der Waals surface area contributed by atoms with Crippen LogP contribution >= 0.6 is 0 Å². The fourth-order valence-electron chi connectivity index (χ4n) is 5.20. The molecule has 2 aromatic rings. The number of aryl methyl sites for hydroxylation is 4. The predicted molar refractivity (Wildman–Crippen MR) is 138 cm³/mol. The molecule has 0 aliphatic carbocycles. The van der Waals surface area contributed by atoms with E-state index < -0.39 is 0 Å². The fraction of sp³-hybridized carbons (Fsp3) is 0.643. The lowest BCUT2D eigenvalue weighted by molar-refractivity contribution is 0.226. The monoisotopic (exact) mass is 436 g/mol. The maximum absolute atomic E-state index is 5.27. The van der Waals surface area contributed by atoms with Crippen molar-refractivity contribution in [1.82, 2.24) is 14.9 Å². The standard InChI is InChI=1S/C28H44N4/c1-6-17-32(18-7-2)27-23(5)29-28(26-22(4)14-12-15-24(26)8-3)30-25(27)16-13-21-31-19-10-9-11-20-31/h12,14-15H,6-11,13,16-21H2,1-5H3. The summed E-state index contributed by atoms with van der Waals surface area (Å²) in [6.45, 7) is 17.0. The van der Waals surface area contributed by atoms with Crippen molar-refractivity contribution in [2.45, 2.75) is 86.0 Å². The Kier molecular flexibility index (Phi) is 9.52. The van der Waals surface area contributed by atoms with E-state index in [1.165, 1.54) is 73.4 Å². The van der Waals surface area contributed by atoms with Gasteiger partial charge in [-0.15, -0.1) is 0 Å². The van der Waals surface area contributed by atoms with Crippen LogP contribution in [0.5, 0.6) is 0 Å². The highest BCUT2D eigenvalue weighted by Crippen LogP contribution is 2.31. The van der Waals surface area contributed by atoms with E-state index in [9.17, 15) is 0 Å². The van der Waals surface area contributed by atoms with Gasteiger partial charge in [-0.3, -0.25) is 0 Å². The Hall–Kier alpha value is -1.94. The van der Waals surface area contributed by atoms with Gasteiger partial charge in [-0.05, 0) is 89.6 Å². The number of rotatable bonds is 11. The summed E-state index contributed by atoms with van der Waals surface area (Å²) in [5.74, 6) is 0.919. The minimum absolute atomic E-state index is 0.919. The van der Waals surface area contributed by atoms with Crippen molar-refractivity contribution >= 4 is 5.69 Å². The highest BCUT2D eigenvalue weighted by atomic mass is 15.2. The molecule has 0 unspecified atom stereocenters. The van der Waals surface area contributed by atoms with Gasteiger partial charge in [-0.25, -0.2) is 9.97 Å². The fourth-order valence-corrected chi connectivity index (χ4v) is 5.20. The van der Waals surface area contributed by atoms with E-state index in [-0.39, 0.29) is 0 Å². The lowest BCUT2D eigenvalue weighted by atomic mass is 9.99. The molecule has 0 bridgehead atoms. The van der Waals surface area contributed by atoms with E-state index in [1.54, 1.807) is 0 Å². The molecule has 0 radical (unpaired) electrons. The number of hydrogen-bond donors (Lipinski definition) is 0. The molecule has 1 aromatic carbocycles. The van der Waals surface area contributed by atoms with Gasteiger partial charge in [0.05, 0.1) is 17.1 Å². The second-order valence-electron chi connectivity index (χ2n) is 9.38. The molecule has 176 valence electrons. The van der Waals surface area contributed by atoms with E-state index in [0.29, 0.717) is 0 Å². The van der Waals surface area contributed by atoms with Gasteiger partial charge in [0, 0.05) is 18.7 Å². The minimum atomic E-state index is 0.919. The quantitative estimate of drug-likeness (QED) is 0.410. The second-order valence-corrected chi connectivity index (χ2v) is 9.38. The summed E-state index contributed by atoms with van der Waals surface area (Å²) >= 11 is 0. The van der Waals surface area contributed by atoms with Crippen molar-refractivity contribution in [2.24, 2.45) is 0 Å². The smallest absolute Gasteiger partial charge is 0.160 e. The van der Waals surface area contributed by atoms with Crippen LogP contribution in [0.15, 0.2) is 18.2 Å². The number of likely N-dealkylation sites (tertiary alicyclic amines) is 1. The van der Waals surface area contributed by atoms with Gasteiger partial charge in [0.25, 0.3) is 0 Å². The normalized spacial score (nSPS) is 14.7. The van der Waals surface area contributed by atoms with E-state index in [4.69, 9.17) is 9.97 Å². The molecule has 4 nitrogen and oxygen atoms in total. The topological polar surface area (TPSA) is 32.3 Å².